The van der Waals surface area contributed by atoms with E-state index in [1.807, 2.05) is 18.2 Å². The zero-order valence-corrected chi connectivity index (χ0v) is 11.3. The fourth-order valence-electron chi connectivity index (χ4n) is 2.85. The molecule has 2 aromatic rings. The molecule has 0 aromatic carbocycles. The maximum atomic E-state index is 9.43. The van der Waals surface area contributed by atoms with Gasteiger partial charge in [0.2, 0.25) is 0 Å². The number of nitriles is 1. The lowest BCUT2D eigenvalue weighted by atomic mass is 9.94. The van der Waals surface area contributed by atoms with Crippen molar-refractivity contribution in [3.8, 4) is 17.3 Å². The molecule has 0 aliphatic heterocycles. The molecule has 0 fully saturated rings. The lowest BCUT2D eigenvalue weighted by molar-refractivity contribution is 0.709. The molecule has 4 heteroatoms. The quantitative estimate of drug-likeness (QED) is 0.803. The van der Waals surface area contributed by atoms with Crippen LogP contribution in [0.25, 0.3) is 11.3 Å². The Morgan fingerprint density at radius 2 is 2.00 bits per heavy atom. The second-order valence-electron chi connectivity index (χ2n) is 5.06. The maximum absolute atomic E-state index is 9.43. The van der Waals surface area contributed by atoms with Gasteiger partial charge in [-0.2, -0.15) is 5.26 Å². The fraction of sp³-hybridized carbons (Fsp3) is 0.312. The molecule has 0 spiro atoms. The van der Waals surface area contributed by atoms with E-state index >= 15 is 0 Å². The second-order valence-corrected chi connectivity index (χ2v) is 5.06. The van der Waals surface area contributed by atoms with Gasteiger partial charge in [0.15, 0.2) is 0 Å². The van der Waals surface area contributed by atoms with Crippen molar-refractivity contribution in [2.75, 3.05) is 5.73 Å². The van der Waals surface area contributed by atoms with Gasteiger partial charge in [0.05, 0.1) is 5.69 Å². The van der Waals surface area contributed by atoms with Gasteiger partial charge in [0.1, 0.15) is 17.5 Å². The van der Waals surface area contributed by atoms with Crippen LogP contribution < -0.4 is 5.73 Å². The van der Waals surface area contributed by atoms with Crippen molar-refractivity contribution < 1.29 is 0 Å². The molecule has 0 saturated carbocycles. The van der Waals surface area contributed by atoms with Crippen molar-refractivity contribution in [3.63, 3.8) is 0 Å². The van der Waals surface area contributed by atoms with E-state index in [9.17, 15) is 5.26 Å². The molecule has 2 N–H and O–H groups in total. The summed E-state index contributed by atoms with van der Waals surface area (Å²) in [6.45, 7) is 0. The van der Waals surface area contributed by atoms with Gasteiger partial charge in [-0.3, -0.25) is 4.98 Å². The van der Waals surface area contributed by atoms with E-state index < -0.39 is 0 Å². The molecule has 0 saturated heterocycles. The summed E-state index contributed by atoms with van der Waals surface area (Å²) in [6, 6.07) is 7.94. The van der Waals surface area contributed by atoms with E-state index in [4.69, 9.17) is 5.73 Å². The monoisotopic (exact) mass is 264 g/mol. The van der Waals surface area contributed by atoms with E-state index in [1.165, 1.54) is 6.42 Å². The molecule has 4 nitrogen and oxygen atoms in total. The third-order valence-electron chi connectivity index (χ3n) is 3.78. The molecule has 2 heterocycles. The van der Waals surface area contributed by atoms with Crippen molar-refractivity contribution in [2.24, 2.45) is 0 Å². The summed E-state index contributed by atoms with van der Waals surface area (Å²) in [5.74, 6) is 0.328. The first-order chi connectivity index (χ1) is 9.81. The molecule has 2 aromatic heterocycles. The van der Waals surface area contributed by atoms with Crippen LogP contribution in [0.5, 0.6) is 0 Å². The summed E-state index contributed by atoms with van der Waals surface area (Å²) in [5, 5.41) is 9.43. The number of fused-ring (bicyclic) bond motifs is 1. The van der Waals surface area contributed by atoms with Gasteiger partial charge < -0.3 is 5.73 Å². The van der Waals surface area contributed by atoms with Crippen molar-refractivity contribution in [1.82, 2.24) is 9.97 Å². The van der Waals surface area contributed by atoms with Crippen LogP contribution in [0, 0.1) is 11.3 Å². The number of pyridine rings is 2. The fourth-order valence-corrected chi connectivity index (χ4v) is 2.85. The Morgan fingerprint density at radius 1 is 1.15 bits per heavy atom. The first-order valence-electron chi connectivity index (χ1n) is 6.94. The average Bonchev–Trinajstić information content (AvgIpc) is 2.71. The van der Waals surface area contributed by atoms with Crippen LogP contribution in [0.4, 0.5) is 5.82 Å². The zero-order valence-electron chi connectivity index (χ0n) is 11.3. The van der Waals surface area contributed by atoms with Crippen LogP contribution in [0.1, 0.15) is 36.1 Å². The molecule has 0 unspecified atom stereocenters. The molecule has 0 bridgehead atoms. The minimum absolute atomic E-state index is 0.328. The third-order valence-corrected chi connectivity index (χ3v) is 3.78. The highest BCUT2D eigenvalue weighted by Crippen LogP contribution is 2.34. The van der Waals surface area contributed by atoms with Crippen LogP contribution in [-0.2, 0) is 12.8 Å². The summed E-state index contributed by atoms with van der Waals surface area (Å²) < 4.78 is 0. The van der Waals surface area contributed by atoms with Crippen LogP contribution in [-0.4, -0.2) is 9.97 Å². The number of hydrogen-bond donors (Lipinski definition) is 1. The van der Waals surface area contributed by atoms with Crippen LogP contribution in [0.15, 0.2) is 24.4 Å². The first-order valence-corrected chi connectivity index (χ1v) is 6.94. The van der Waals surface area contributed by atoms with Gasteiger partial charge in [0, 0.05) is 17.5 Å². The number of nitrogen functional groups attached to an aromatic ring is 1. The molecule has 3 rings (SSSR count). The number of anilines is 1. The maximum Gasteiger partial charge on any atom is 0.142 e. The number of nitrogens with zero attached hydrogens (tertiary/aromatic N) is 3. The minimum Gasteiger partial charge on any atom is -0.383 e. The highest BCUT2D eigenvalue weighted by Gasteiger charge is 2.21. The second kappa shape index (κ2) is 5.30. The van der Waals surface area contributed by atoms with E-state index in [2.05, 4.69) is 16.0 Å². The Morgan fingerprint density at radius 3 is 2.75 bits per heavy atom. The number of aromatic nitrogens is 2. The lowest BCUT2D eigenvalue weighted by Crippen LogP contribution is -2.07. The van der Waals surface area contributed by atoms with E-state index in [0.717, 1.165) is 48.2 Å². The van der Waals surface area contributed by atoms with E-state index in [1.54, 1.807) is 6.20 Å². The smallest absolute Gasteiger partial charge is 0.142 e. The van der Waals surface area contributed by atoms with E-state index in [0.29, 0.717) is 11.4 Å². The van der Waals surface area contributed by atoms with Crippen molar-refractivity contribution >= 4 is 5.82 Å². The summed E-state index contributed by atoms with van der Waals surface area (Å²) in [4.78, 5) is 8.86. The van der Waals surface area contributed by atoms with Crippen LogP contribution >= 0.6 is 0 Å². The topological polar surface area (TPSA) is 75.6 Å². The van der Waals surface area contributed by atoms with Gasteiger partial charge in [0.25, 0.3) is 0 Å². The predicted octanol–water partition coefficient (Wildman–Crippen LogP) is 2.87. The van der Waals surface area contributed by atoms with Crippen molar-refractivity contribution in [1.29, 1.82) is 5.26 Å². The largest absolute Gasteiger partial charge is 0.383 e. The number of rotatable bonds is 1. The predicted molar refractivity (Wildman–Crippen MR) is 77.9 cm³/mol. The SMILES string of the molecule is N#Cc1c(N)nc2c(c1-c1ccccn1)CCCCC2. The molecule has 20 heavy (non-hydrogen) atoms. The molecule has 0 amide bonds. The lowest BCUT2D eigenvalue weighted by Gasteiger charge is -2.14. The molecule has 1 aliphatic rings. The van der Waals surface area contributed by atoms with Gasteiger partial charge in [-0.25, -0.2) is 4.98 Å². The highest BCUT2D eigenvalue weighted by atomic mass is 14.9. The number of aryl methyl sites for hydroxylation is 1. The Hall–Kier alpha value is -2.41. The van der Waals surface area contributed by atoms with Gasteiger partial charge in [-0.05, 0) is 43.4 Å². The zero-order chi connectivity index (χ0) is 13.9. The van der Waals surface area contributed by atoms with Crippen LogP contribution in [0.2, 0.25) is 0 Å². The van der Waals surface area contributed by atoms with Gasteiger partial charge in [-0.15, -0.1) is 0 Å². The Balaban J connectivity index is 2.30. The minimum atomic E-state index is 0.328. The molecular formula is C16H16N4. The van der Waals surface area contributed by atoms with Gasteiger partial charge in [-0.1, -0.05) is 12.5 Å². The van der Waals surface area contributed by atoms with Gasteiger partial charge >= 0.3 is 0 Å². The summed E-state index contributed by atoms with van der Waals surface area (Å²) in [5.41, 5.74) is 10.3. The summed E-state index contributed by atoms with van der Waals surface area (Å²) in [7, 11) is 0. The number of nitrogens with two attached hydrogens (primary N) is 1. The summed E-state index contributed by atoms with van der Waals surface area (Å²) in [6.07, 6.45) is 7.08. The summed E-state index contributed by atoms with van der Waals surface area (Å²) >= 11 is 0. The Kier molecular flexibility index (Phi) is 3.34. The normalized spacial score (nSPS) is 14.2. The first kappa shape index (κ1) is 12.6. The molecule has 1 aliphatic carbocycles. The Bertz CT molecular complexity index is 671. The standard InChI is InChI=1S/C16H16N4/c17-10-12-15(14-8-4-5-9-19-14)11-6-2-1-3-7-13(11)20-16(12)18/h4-5,8-9H,1-3,6-7H2,(H2,18,20). The van der Waals surface area contributed by atoms with E-state index in [-0.39, 0.29) is 0 Å². The van der Waals surface area contributed by atoms with Crippen LogP contribution in [0.3, 0.4) is 0 Å². The third kappa shape index (κ3) is 2.12. The molecule has 100 valence electrons. The number of hydrogen-bond acceptors (Lipinski definition) is 4. The van der Waals surface area contributed by atoms with Crippen molar-refractivity contribution in [2.45, 2.75) is 32.1 Å². The molecular weight excluding hydrogens is 248 g/mol. The Labute approximate surface area is 118 Å². The van der Waals surface area contributed by atoms with Crippen molar-refractivity contribution in [3.05, 3.63) is 41.2 Å². The molecule has 0 atom stereocenters. The molecule has 0 radical (unpaired) electrons. The highest BCUT2D eigenvalue weighted by molar-refractivity contribution is 5.77. The average molecular weight is 264 g/mol.